The van der Waals surface area contributed by atoms with Gasteiger partial charge in [-0.25, -0.2) is 4.39 Å². The van der Waals surface area contributed by atoms with Gasteiger partial charge in [0.25, 0.3) is 0 Å². The number of hydrogen-bond donors (Lipinski definition) is 0. The number of hydrogen-bond acceptors (Lipinski definition) is 2. The van der Waals surface area contributed by atoms with E-state index in [2.05, 4.69) is 0 Å². The quantitative estimate of drug-likeness (QED) is 0.661. The summed E-state index contributed by atoms with van der Waals surface area (Å²) in [5, 5.41) is 0. The Morgan fingerprint density at radius 3 is 2.69 bits per heavy atom. The second-order valence-electron chi connectivity index (χ2n) is 3.20. The molecular weight excluding hydrogens is 169 g/mol. The van der Waals surface area contributed by atoms with Crippen LogP contribution in [0, 0.1) is 5.82 Å². The van der Waals surface area contributed by atoms with Crippen LogP contribution in [0.3, 0.4) is 0 Å². The van der Waals surface area contributed by atoms with Gasteiger partial charge >= 0.3 is 0 Å². The van der Waals surface area contributed by atoms with Gasteiger partial charge in [-0.3, -0.25) is 4.79 Å². The third-order valence-corrected chi connectivity index (χ3v) is 1.72. The fourth-order valence-electron chi connectivity index (χ4n) is 1.16. The zero-order valence-corrected chi connectivity index (χ0v) is 7.75. The third kappa shape index (κ3) is 2.63. The van der Waals surface area contributed by atoms with Gasteiger partial charge in [0.15, 0.2) is 0 Å². The third-order valence-electron chi connectivity index (χ3n) is 1.72. The molecule has 0 aliphatic heterocycles. The van der Waals surface area contributed by atoms with Crippen LogP contribution in [0.2, 0.25) is 0 Å². The number of nitrogens with zero attached hydrogens (tertiary/aromatic N) is 1. The van der Waals surface area contributed by atoms with Crippen LogP contribution in [0.5, 0.6) is 0 Å². The lowest BCUT2D eigenvalue weighted by Crippen LogP contribution is -2.12. The van der Waals surface area contributed by atoms with Crippen molar-refractivity contribution in [2.45, 2.75) is 6.54 Å². The standard InChI is InChI=1S/C10H12FNO/c1-12(2)6-8-3-4-10(11)5-9(8)7-13/h3-5,7H,6H2,1-2H3. The molecule has 0 aliphatic rings. The molecular formula is C10H12FNO. The molecule has 1 rings (SSSR count). The zero-order valence-electron chi connectivity index (χ0n) is 7.75. The maximum atomic E-state index is 12.7. The first-order valence-corrected chi connectivity index (χ1v) is 4.02. The van der Waals surface area contributed by atoms with Gasteiger partial charge < -0.3 is 4.90 Å². The highest BCUT2D eigenvalue weighted by Gasteiger charge is 2.03. The summed E-state index contributed by atoms with van der Waals surface area (Å²) in [7, 11) is 3.80. The monoisotopic (exact) mass is 181 g/mol. The minimum Gasteiger partial charge on any atom is -0.305 e. The molecule has 0 amide bonds. The number of rotatable bonds is 3. The van der Waals surface area contributed by atoms with E-state index in [-0.39, 0.29) is 5.82 Å². The van der Waals surface area contributed by atoms with E-state index in [1.807, 2.05) is 19.0 Å². The van der Waals surface area contributed by atoms with Gasteiger partial charge in [-0.05, 0) is 31.8 Å². The van der Waals surface area contributed by atoms with Crippen molar-refractivity contribution in [2.24, 2.45) is 0 Å². The second kappa shape index (κ2) is 4.14. The molecule has 0 aliphatic carbocycles. The van der Waals surface area contributed by atoms with Crippen LogP contribution in [0.4, 0.5) is 4.39 Å². The highest BCUT2D eigenvalue weighted by molar-refractivity contribution is 5.77. The number of carbonyl (C=O) groups is 1. The lowest BCUT2D eigenvalue weighted by atomic mass is 10.1. The molecule has 0 fully saturated rings. The van der Waals surface area contributed by atoms with Gasteiger partial charge in [-0.1, -0.05) is 6.07 Å². The summed E-state index contributed by atoms with van der Waals surface area (Å²) in [4.78, 5) is 12.5. The van der Waals surface area contributed by atoms with Crippen LogP contribution in [0.15, 0.2) is 18.2 Å². The van der Waals surface area contributed by atoms with Crippen molar-refractivity contribution in [3.63, 3.8) is 0 Å². The Kier molecular flexibility index (Phi) is 3.14. The Balaban J connectivity index is 2.99. The maximum Gasteiger partial charge on any atom is 0.150 e. The van der Waals surface area contributed by atoms with Crippen molar-refractivity contribution < 1.29 is 9.18 Å². The summed E-state index contributed by atoms with van der Waals surface area (Å²) in [6, 6.07) is 4.26. The molecule has 3 heteroatoms. The normalized spacial score (nSPS) is 10.5. The molecule has 0 N–H and O–H groups in total. The summed E-state index contributed by atoms with van der Waals surface area (Å²) in [6.07, 6.45) is 0.682. The van der Waals surface area contributed by atoms with E-state index in [0.717, 1.165) is 5.56 Å². The predicted octanol–water partition coefficient (Wildman–Crippen LogP) is 1.70. The van der Waals surface area contributed by atoms with Crippen molar-refractivity contribution in [3.05, 3.63) is 35.1 Å². The van der Waals surface area contributed by atoms with Gasteiger partial charge in [0.05, 0.1) is 0 Å². The second-order valence-corrected chi connectivity index (χ2v) is 3.20. The van der Waals surface area contributed by atoms with E-state index in [1.54, 1.807) is 6.07 Å². The van der Waals surface area contributed by atoms with Crippen molar-refractivity contribution >= 4 is 6.29 Å². The molecule has 1 aromatic rings. The number of aldehydes is 1. The summed E-state index contributed by atoms with van der Waals surface area (Å²) in [6.45, 7) is 0.647. The van der Waals surface area contributed by atoms with Gasteiger partial charge in [-0.15, -0.1) is 0 Å². The van der Waals surface area contributed by atoms with E-state index in [0.29, 0.717) is 18.4 Å². The maximum absolute atomic E-state index is 12.7. The van der Waals surface area contributed by atoms with Crippen molar-refractivity contribution in [3.8, 4) is 0 Å². The molecule has 0 spiro atoms. The van der Waals surface area contributed by atoms with Crippen molar-refractivity contribution in [2.75, 3.05) is 14.1 Å². The summed E-state index contributed by atoms with van der Waals surface area (Å²) in [5.41, 5.74) is 1.27. The molecule has 0 bridgehead atoms. The first-order chi connectivity index (χ1) is 6.13. The molecule has 70 valence electrons. The van der Waals surface area contributed by atoms with Crippen LogP contribution in [-0.2, 0) is 6.54 Å². The van der Waals surface area contributed by atoms with Crippen molar-refractivity contribution in [1.29, 1.82) is 0 Å². The SMILES string of the molecule is CN(C)Cc1ccc(F)cc1C=O. The molecule has 0 saturated heterocycles. The lowest BCUT2D eigenvalue weighted by Gasteiger charge is -2.11. The highest BCUT2D eigenvalue weighted by atomic mass is 19.1. The summed E-state index contributed by atoms with van der Waals surface area (Å²) >= 11 is 0. The molecule has 0 aromatic heterocycles. The van der Waals surface area contributed by atoms with Crippen molar-refractivity contribution in [1.82, 2.24) is 4.90 Å². The number of halogens is 1. The van der Waals surface area contributed by atoms with Crippen LogP contribution in [0.1, 0.15) is 15.9 Å². The van der Waals surface area contributed by atoms with Crippen LogP contribution < -0.4 is 0 Å². The van der Waals surface area contributed by atoms with Gasteiger partial charge in [0.1, 0.15) is 12.1 Å². The van der Waals surface area contributed by atoms with E-state index < -0.39 is 0 Å². The number of benzene rings is 1. The minimum absolute atomic E-state index is 0.371. The fraction of sp³-hybridized carbons (Fsp3) is 0.300. The highest BCUT2D eigenvalue weighted by Crippen LogP contribution is 2.10. The molecule has 0 saturated carbocycles. The summed E-state index contributed by atoms with van der Waals surface area (Å²) in [5.74, 6) is -0.371. The predicted molar refractivity (Wildman–Crippen MR) is 49.2 cm³/mol. The van der Waals surface area contributed by atoms with E-state index in [9.17, 15) is 9.18 Å². The Morgan fingerprint density at radius 1 is 1.46 bits per heavy atom. The first kappa shape index (κ1) is 9.86. The van der Waals surface area contributed by atoms with Gasteiger partial charge in [0, 0.05) is 12.1 Å². The Morgan fingerprint density at radius 2 is 2.15 bits per heavy atom. The molecule has 0 heterocycles. The van der Waals surface area contributed by atoms with E-state index >= 15 is 0 Å². The van der Waals surface area contributed by atoms with Crippen LogP contribution >= 0.6 is 0 Å². The Bertz CT molecular complexity index is 310. The minimum atomic E-state index is -0.371. The molecule has 0 atom stereocenters. The van der Waals surface area contributed by atoms with Crippen LogP contribution in [0.25, 0.3) is 0 Å². The van der Waals surface area contributed by atoms with Crippen LogP contribution in [-0.4, -0.2) is 25.3 Å². The van der Waals surface area contributed by atoms with E-state index in [1.165, 1.54) is 12.1 Å². The fourth-order valence-corrected chi connectivity index (χ4v) is 1.16. The molecule has 0 unspecified atom stereocenters. The molecule has 0 radical (unpaired) electrons. The zero-order chi connectivity index (χ0) is 9.84. The molecule has 13 heavy (non-hydrogen) atoms. The molecule has 2 nitrogen and oxygen atoms in total. The lowest BCUT2D eigenvalue weighted by molar-refractivity contribution is 0.112. The first-order valence-electron chi connectivity index (χ1n) is 4.02. The van der Waals surface area contributed by atoms with Gasteiger partial charge in [-0.2, -0.15) is 0 Å². The molecule has 1 aromatic carbocycles. The van der Waals surface area contributed by atoms with E-state index in [4.69, 9.17) is 0 Å². The Hall–Kier alpha value is -1.22. The average molecular weight is 181 g/mol. The topological polar surface area (TPSA) is 20.3 Å². The average Bonchev–Trinajstić information content (AvgIpc) is 2.07. The summed E-state index contributed by atoms with van der Waals surface area (Å²) < 4.78 is 12.7. The van der Waals surface area contributed by atoms with Gasteiger partial charge in [0.2, 0.25) is 0 Å². The Labute approximate surface area is 77.0 Å². The largest absolute Gasteiger partial charge is 0.305 e. The number of carbonyl (C=O) groups excluding carboxylic acids is 1. The smallest absolute Gasteiger partial charge is 0.150 e.